The van der Waals surface area contributed by atoms with E-state index >= 15 is 0 Å². The van der Waals surface area contributed by atoms with Crippen LogP contribution in [0.25, 0.3) is 0 Å². The molecule has 1 unspecified atom stereocenters. The number of aromatic carboxylic acids is 1. The average Bonchev–Trinajstić information content (AvgIpc) is 3.26. The Morgan fingerprint density at radius 2 is 1.72 bits per heavy atom. The smallest absolute Gasteiger partial charge is 0.339 e. The van der Waals surface area contributed by atoms with E-state index in [1.54, 1.807) is 12.1 Å². The lowest BCUT2D eigenvalue weighted by Gasteiger charge is -2.58. The molecule has 3 saturated carbocycles. The number of carbonyl (C=O) groups is 2. The number of benzene rings is 1. The third-order valence-electron chi connectivity index (χ3n) is 11.9. The number of carbonyl (C=O) groups excluding carboxylic acids is 2. The van der Waals surface area contributed by atoms with E-state index in [4.69, 9.17) is 4.74 Å². The van der Waals surface area contributed by atoms with Gasteiger partial charge >= 0.3 is 5.97 Å². The van der Waals surface area contributed by atoms with Gasteiger partial charge in [-0.1, -0.05) is 83.7 Å². The van der Waals surface area contributed by atoms with Crippen LogP contribution in [0.2, 0.25) is 0 Å². The van der Waals surface area contributed by atoms with Crippen LogP contribution in [0.5, 0.6) is 0 Å². The van der Waals surface area contributed by atoms with Crippen LogP contribution in [0.1, 0.15) is 126 Å². The molecule has 5 rings (SSSR count). The van der Waals surface area contributed by atoms with Crippen LogP contribution in [0.15, 0.2) is 35.9 Å². The van der Waals surface area contributed by atoms with Crippen molar-refractivity contribution in [1.82, 2.24) is 0 Å². The van der Waals surface area contributed by atoms with Crippen molar-refractivity contribution < 1.29 is 19.4 Å². The van der Waals surface area contributed by atoms with Gasteiger partial charge in [-0.05, 0) is 97.3 Å². The summed E-state index contributed by atoms with van der Waals surface area (Å²) >= 11 is 0. The molecule has 214 valence electrons. The van der Waals surface area contributed by atoms with E-state index < -0.39 is 11.9 Å². The van der Waals surface area contributed by atoms with Crippen molar-refractivity contribution in [3.8, 4) is 0 Å². The van der Waals surface area contributed by atoms with Crippen LogP contribution in [0, 0.1) is 46.3 Å². The highest BCUT2D eigenvalue weighted by Gasteiger charge is 2.59. The van der Waals surface area contributed by atoms with E-state index in [1.807, 2.05) is 0 Å². The minimum absolute atomic E-state index is 0.0873. The standard InChI is InChI=1S/C35H50O4/c1-22(2)9-8-10-23(3)29-15-16-30-28-14-13-24-21-25(17-19-34(24,4)31(28)18-20-35(29,30)5)39-33(38)27-12-7-6-11-26(27)32(36)37/h6-7,11-13,22-23,25,28-31H,8-10,14-21H2,1-5H3,(H,36,37)/p-1/t23-,25?,28+,29-,30+,31+,34+,35-/m1/s1. The lowest BCUT2D eigenvalue weighted by Crippen LogP contribution is -2.51. The Labute approximate surface area is 236 Å². The zero-order valence-electron chi connectivity index (χ0n) is 24.8. The summed E-state index contributed by atoms with van der Waals surface area (Å²) in [5.74, 6) is 2.94. The second kappa shape index (κ2) is 11.1. The van der Waals surface area contributed by atoms with Crippen molar-refractivity contribution in [2.75, 3.05) is 0 Å². The molecule has 3 fully saturated rings. The molecule has 0 heterocycles. The molecule has 0 amide bonds. The van der Waals surface area contributed by atoms with Gasteiger partial charge in [-0.3, -0.25) is 0 Å². The van der Waals surface area contributed by atoms with E-state index in [9.17, 15) is 14.7 Å². The van der Waals surface area contributed by atoms with Crippen LogP contribution >= 0.6 is 0 Å². The third kappa shape index (κ3) is 5.22. The molecule has 0 radical (unpaired) electrons. The van der Waals surface area contributed by atoms with E-state index in [1.165, 1.54) is 69.1 Å². The zero-order chi connectivity index (χ0) is 27.9. The molecule has 0 spiro atoms. The van der Waals surface area contributed by atoms with Crippen LogP contribution < -0.4 is 5.11 Å². The number of ether oxygens (including phenoxy) is 1. The minimum atomic E-state index is -1.34. The summed E-state index contributed by atoms with van der Waals surface area (Å²) in [6.45, 7) is 12.4. The van der Waals surface area contributed by atoms with Crippen molar-refractivity contribution in [1.29, 1.82) is 0 Å². The molecule has 4 aliphatic carbocycles. The topological polar surface area (TPSA) is 66.4 Å². The predicted molar refractivity (Wildman–Crippen MR) is 153 cm³/mol. The van der Waals surface area contributed by atoms with Crippen molar-refractivity contribution in [3.63, 3.8) is 0 Å². The molecule has 4 nitrogen and oxygen atoms in total. The van der Waals surface area contributed by atoms with Crippen molar-refractivity contribution in [2.45, 2.75) is 111 Å². The minimum Gasteiger partial charge on any atom is -0.545 e. The van der Waals surface area contributed by atoms with Gasteiger partial charge in [0, 0.05) is 12.0 Å². The SMILES string of the molecule is CC(C)CCC[C@@H](C)[C@H]1CC[C@H]2[C@@H]3CC=C4CC(OC(=O)c5ccccc5C(=O)[O-])CC[C@]4(C)[C@H]3CC[C@]12C. The number of esters is 1. The van der Waals surface area contributed by atoms with E-state index in [-0.39, 0.29) is 22.6 Å². The van der Waals surface area contributed by atoms with Crippen LogP contribution in [-0.2, 0) is 4.74 Å². The number of hydrogen-bond donors (Lipinski definition) is 0. The molecular formula is C35H49O4-. The van der Waals surface area contributed by atoms with Gasteiger partial charge in [0.15, 0.2) is 0 Å². The molecule has 4 heteroatoms. The molecular weight excluding hydrogens is 484 g/mol. The van der Waals surface area contributed by atoms with Gasteiger partial charge in [0.2, 0.25) is 0 Å². The highest BCUT2D eigenvalue weighted by Crippen LogP contribution is 2.67. The van der Waals surface area contributed by atoms with E-state index in [0.29, 0.717) is 5.41 Å². The maximum absolute atomic E-state index is 12.9. The molecule has 0 aromatic heterocycles. The van der Waals surface area contributed by atoms with Crippen LogP contribution in [0.4, 0.5) is 0 Å². The van der Waals surface area contributed by atoms with Gasteiger partial charge in [0.1, 0.15) is 6.10 Å². The number of carboxylic acid groups (broad SMARTS) is 1. The Morgan fingerprint density at radius 3 is 2.44 bits per heavy atom. The fourth-order valence-corrected chi connectivity index (χ4v) is 9.81. The molecule has 0 aliphatic heterocycles. The quantitative estimate of drug-likeness (QED) is 0.255. The van der Waals surface area contributed by atoms with Crippen LogP contribution in [0.3, 0.4) is 0 Å². The Hall–Kier alpha value is -2.10. The van der Waals surface area contributed by atoms with Crippen molar-refractivity contribution >= 4 is 11.9 Å². The van der Waals surface area contributed by atoms with E-state index in [0.717, 1.165) is 54.8 Å². The molecule has 0 bridgehead atoms. The summed E-state index contributed by atoms with van der Waals surface area (Å²) in [5, 5.41) is 11.5. The summed E-state index contributed by atoms with van der Waals surface area (Å²) in [6.07, 6.45) is 15.7. The normalized spacial score (nSPS) is 36.4. The summed E-state index contributed by atoms with van der Waals surface area (Å²) in [5.41, 5.74) is 2.14. The summed E-state index contributed by atoms with van der Waals surface area (Å²) in [6, 6.07) is 6.20. The van der Waals surface area contributed by atoms with Gasteiger partial charge in [-0.25, -0.2) is 4.79 Å². The highest BCUT2D eigenvalue weighted by atomic mass is 16.5. The Kier molecular flexibility index (Phi) is 8.06. The molecule has 8 atom stereocenters. The number of carboxylic acids is 1. The first-order valence-corrected chi connectivity index (χ1v) is 15.8. The molecule has 0 saturated heterocycles. The Balaban J connectivity index is 1.26. The average molecular weight is 534 g/mol. The monoisotopic (exact) mass is 533 g/mol. The summed E-state index contributed by atoms with van der Waals surface area (Å²) in [7, 11) is 0. The number of hydrogen-bond acceptors (Lipinski definition) is 4. The zero-order valence-corrected chi connectivity index (χ0v) is 24.8. The molecule has 1 aromatic carbocycles. The number of allylic oxidation sites excluding steroid dienone is 1. The van der Waals surface area contributed by atoms with Gasteiger partial charge in [0.05, 0.1) is 11.5 Å². The Bertz CT molecular complexity index is 1100. The fourth-order valence-electron chi connectivity index (χ4n) is 9.81. The van der Waals surface area contributed by atoms with Crippen molar-refractivity contribution in [2.24, 2.45) is 46.3 Å². The number of rotatable bonds is 8. The second-order valence-electron chi connectivity index (χ2n) is 14.4. The highest BCUT2D eigenvalue weighted by molar-refractivity contribution is 6.01. The first kappa shape index (κ1) is 28.4. The fraction of sp³-hybridized carbons (Fsp3) is 0.714. The van der Waals surface area contributed by atoms with Crippen LogP contribution in [-0.4, -0.2) is 18.0 Å². The van der Waals surface area contributed by atoms with E-state index in [2.05, 4.69) is 40.7 Å². The predicted octanol–water partition coefficient (Wildman–Crippen LogP) is 7.62. The summed E-state index contributed by atoms with van der Waals surface area (Å²) < 4.78 is 5.90. The molecule has 0 N–H and O–H groups in total. The van der Waals surface area contributed by atoms with Gasteiger partial charge in [0.25, 0.3) is 0 Å². The second-order valence-corrected chi connectivity index (χ2v) is 14.4. The molecule has 4 aliphatic rings. The molecule has 39 heavy (non-hydrogen) atoms. The van der Waals surface area contributed by atoms with Gasteiger partial charge in [-0.2, -0.15) is 0 Å². The molecule has 1 aromatic rings. The first-order valence-electron chi connectivity index (χ1n) is 15.8. The first-order chi connectivity index (χ1) is 18.5. The lowest BCUT2D eigenvalue weighted by molar-refractivity contribution is -0.255. The summed E-state index contributed by atoms with van der Waals surface area (Å²) in [4.78, 5) is 24.4. The largest absolute Gasteiger partial charge is 0.545 e. The van der Waals surface area contributed by atoms with Gasteiger partial charge in [-0.15, -0.1) is 0 Å². The Morgan fingerprint density at radius 1 is 0.974 bits per heavy atom. The van der Waals surface area contributed by atoms with Crippen molar-refractivity contribution in [3.05, 3.63) is 47.0 Å². The lowest BCUT2D eigenvalue weighted by atomic mass is 9.47. The number of fused-ring (bicyclic) bond motifs is 5. The maximum Gasteiger partial charge on any atom is 0.339 e. The van der Waals surface area contributed by atoms with Gasteiger partial charge < -0.3 is 14.6 Å². The maximum atomic E-state index is 12.9. The third-order valence-corrected chi connectivity index (χ3v) is 11.9.